The maximum Gasteiger partial charge on any atom is 0.247 e. The van der Waals surface area contributed by atoms with Crippen molar-refractivity contribution >= 4 is 18.1 Å². The predicted molar refractivity (Wildman–Crippen MR) is 143 cm³/mol. The van der Waals surface area contributed by atoms with Crippen LogP contribution in [0, 0.1) is 12.8 Å². The minimum atomic E-state index is -1.16. The molecule has 2 aromatic rings. The second kappa shape index (κ2) is 11.2. The van der Waals surface area contributed by atoms with Gasteiger partial charge in [0, 0.05) is 35.7 Å². The SMILES string of the molecule is COc1cc(C=O)cc2c1O[C@@H]1[C@@H](O)[C@H](N(Cc3ccc(C)cc3)C(=O)C3CCC3)C=C(C(=O)NCCO)[C@H]21. The molecule has 1 fully saturated rings. The van der Waals surface area contributed by atoms with Gasteiger partial charge in [-0.25, -0.2) is 0 Å². The Morgan fingerprint density at radius 3 is 2.56 bits per heavy atom. The van der Waals surface area contributed by atoms with Gasteiger partial charge in [-0.3, -0.25) is 14.4 Å². The molecule has 0 saturated heterocycles. The Morgan fingerprint density at radius 1 is 1.21 bits per heavy atom. The van der Waals surface area contributed by atoms with E-state index >= 15 is 0 Å². The predicted octanol–water partition coefficient (Wildman–Crippen LogP) is 2.27. The summed E-state index contributed by atoms with van der Waals surface area (Å²) in [5.74, 6) is -0.642. The molecule has 0 unspecified atom stereocenters. The van der Waals surface area contributed by atoms with E-state index < -0.39 is 30.1 Å². The van der Waals surface area contributed by atoms with Crippen LogP contribution in [0.1, 0.15) is 52.2 Å². The Morgan fingerprint density at radius 2 is 1.95 bits per heavy atom. The fraction of sp³-hybridized carbons (Fsp3) is 0.433. The van der Waals surface area contributed by atoms with E-state index in [1.807, 2.05) is 31.2 Å². The summed E-state index contributed by atoms with van der Waals surface area (Å²) < 4.78 is 11.7. The quantitative estimate of drug-likeness (QED) is 0.422. The summed E-state index contributed by atoms with van der Waals surface area (Å²) in [5, 5.41) is 23.8. The second-order valence-corrected chi connectivity index (χ2v) is 10.5. The average molecular weight is 535 g/mol. The van der Waals surface area contributed by atoms with E-state index in [9.17, 15) is 24.6 Å². The van der Waals surface area contributed by atoms with E-state index in [0.29, 0.717) is 34.5 Å². The van der Waals surface area contributed by atoms with Crippen molar-refractivity contribution in [3.05, 3.63) is 70.3 Å². The summed E-state index contributed by atoms with van der Waals surface area (Å²) in [6, 6.07) is 10.2. The van der Waals surface area contributed by atoms with E-state index in [4.69, 9.17) is 9.47 Å². The van der Waals surface area contributed by atoms with Gasteiger partial charge in [0.25, 0.3) is 0 Å². The normalized spacial score (nSPS) is 23.4. The van der Waals surface area contributed by atoms with Gasteiger partial charge in [0.2, 0.25) is 11.8 Å². The van der Waals surface area contributed by atoms with Gasteiger partial charge in [-0.15, -0.1) is 0 Å². The number of aryl methyl sites for hydroxylation is 1. The first-order valence-corrected chi connectivity index (χ1v) is 13.3. The summed E-state index contributed by atoms with van der Waals surface area (Å²) in [7, 11) is 1.46. The lowest BCUT2D eigenvalue weighted by molar-refractivity contribution is -0.145. The summed E-state index contributed by atoms with van der Waals surface area (Å²) in [6.07, 6.45) is 2.86. The number of aliphatic hydroxyl groups is 2. The number of aldehydes is 1. The van der Waals surface area contributed by atoms with Crippen molar-refractivity contribution < 1.29 is 34.1 Å². The van der Waals surface area contributed by atoms with Crippen LogP contribution in [0.25, 0.3) is 0 Å². The second-order valence-electron chi connectivity index (χ2n) is 10.5. The molecule has 1 aliphatic heterocycles. The molecule has 2 aliphatic carbocycles. The molecule has 3 aliphatic rings. The highest BCUT2D eigenvalue weighted by Gasteiger charge is 2.52. The molecule has 3 N–H and O–H groups in total. The number of fused-ring (bicyclic) bond motifs is 3. The molecule has 39 heavy (non-hydrogen) atoms. The Kier molecular flexibility index (Phi) is 7.72. The molecule has 9 heteroatoms. The van der Waals surface area contributed by atoms with E-state index in [1.165, 1.54) is 7.11 Å². The molecule has 4 atom stereocenters. The van der Waals surface area contributed by atoms with Crippen LogP contribution in [0.4, 0.5) is 0 Å². The monoisotopic (exact) mass is 534 g/mol. The van der Waals surface area contributed by atoms with Crippen LogP contribution in [0.2, 0.25) is 0 Å². The van der Waals surface area contributed by atoms with Gasteiger partial charge >= 0.3 is 0 Å². The molecular formula is C30H34N2O7. The number of carbonyl (C=O) groups is 3. The highest BCUT2D eigenvalue weighted by atomic mass is 16.5. The maximum absolute atomic E-state index is 13.7. The lowest BCUT2D eigenvalue weighted by Gasteiger charge is -2.42. The number of nitrogens with one attached hydrogen (secondary N) is 1. The molecule has 0 bridgehead atoms. The number of amides is 2. The van der Waals surface area contributed by atoms with Gasteiger partial charge in [-0.2, -0.15) is 0 Å². The molecule has 5 rings (SSSR count). The Bertz CT molecular complexity index is 1280. The van der Waals surface area contributed by atoms with Crippen molar-refractivity contribution in [3.63, 3.8) is 0 Å². The third kappa shape index (κ3) is 5.04. The van der Waals surface area contributed by atoms with Crippen LogP contribution in [0.5, 0.6) is 11.5 Å². The van der Waals surface area contributed by atoms with Crippen molar-refractivity contribution in [3.8, 4) is 11.5 Å². The number of benzene rings is 2. The topological polar surface area (TPSA) is 125 Å². The number of ether oxygens (including phenoxy) is 2. The van der Waals surface area contributed by atoms with Crippen molar-refractivity contribution in [2.75, 3.05) is 20.3 Å². The first kappa shape index (κ1) is 26.9. The van der Waals surface area contributed by atoms with Crippen molar-refractivity contribution in [1.29, 1.82) is 0 Å². The van der Waals surface area contributed by atoms with Crippen LogP contribution in [-0.2, 0) is 16.1 Å². The summed E-state index contributed by atoms with van der Waals surface area (Å²) in [5.41, 5.74) is 3.22. The molecule has 1 saturated carbocycles. The number of carbonyl (C=O) groups excluding carboxylic acids is 3. The first-order valence-electron chi connectivity index (χ1n) is 13.3. The Balaban J connectivity index is 1.59. The average Bonchev–Trinajstić information content (AvgIpc) is 3.30. The number of aliphatic hydroxyl groups excluding tert-OH is 2. The highest BCUT2D eigenvalue weighted by Crippen LogP contribution is 2.51. The minimum absolute atomic E-state index is 0.0419. The largest absolute Gasteiger partial charge is 0.493 e. The van der Waals surface area contributed by atoms with Gasteiger partial charge in [-0.1, -0.05) is 36.2 Å². The molecule has 206 valence electrons. The van der Waals surface area contributed by atoms with E-state index in [2.05, 4.69) is 5.32 Å². The maximum atomic E-state index is 13.7. The van der Waals surface area contributed by atoms with Gasteiger partial charge < -0.3 is 29.9 Å². The minimum Gasteiger partial charge on any atom is -0.493 e. The fourth-order valence-corrected chi connectivity index (χ4v) is 5.67. The molecule has 1 heterocycles. The van der Waals surface area contributed by atoms with Crippen LogP contribution >= 0.6 is 0 Å². The summed E-state index contributed by atoms with van der Waals surface area (Å²) >= 11 is 0. The van der Waals surface area contributed by atoms with Gasteiger partial charge in [0.05, 0.1) is 25.7 Å². The van der Waals surface area contributed by atoms with Crippen molar-refractivity contribution in [1.82, 2.24) is 10.2 Å². The zero-order valence-corrected chi connectivity index (χ0v) is 22.1. The molecular weight excluding hydrogens is 500 g/mol. The van der Waals surface area contributed by atoms with E-state index in [1.54, 1.807) is 23.1 Å². The van der Waals surface area contributed by atoms with Gasteiger partial charge in [0.1, 0.15) is 18.5 Å². The molecule has 0 aromatic heterocycles. The third-order valence-corrected chi connectivity index (χ3v) is 7.98. The Labute approximate surface area is 227 Å². The molecule has 9 nitrogen and oxygen atoms in total. The summed E-state index contributed by atoms with van der Waals surface area (Å²) in [6.45, 7) is 2.06. The summed E-state index contributed by atoms with van der Waals surface area (Å²) in [4.78, 5) is 40.5. The number of hydrogen-bond donors (Lipinski definition) is 3. The van der Waals surface area contributed by atoms with Crippen LogP contribution < -0.4 is 14.8 Å². The molecule has 2 aromatic carbocycles. The first-order chi connectivity index (χ1) is 18.9. The molecule has 2 amide bonds. The van der Waals surface area contributed by atoms with Gasteiger partial charge in [0.15, 0.2) is 11.5 Å². The van der Waals surface area contributed by atoms with Crippen LogP contribution in [0.3, 0.4) is 0 Å². The van der Waals surface area contributed by atoms with E-state index in [-0.39, 0.29) is 31.5 Å². The smallest absolute Gasteiger partial charge is 0.247 e. The van der Waals surface area contributed by atoms with Crippen LogP contribution in [-0.4, -0.2) is 71.7 Å². The zero-order valence-electron chi connectivity index (χ0n) is 22.1. The fourth-order valence-electron chi connectivity index (χ4n) is 5.67. The molecule has 0 radical (unpaired) electrons. The van der Waals surface area contributed by atoms with Gasteiger partial charge in [-0.05, 0) is 43.5 Å². The van der Waals surface area contributed by atoms with Crippen LogP contribution in [0.15, 0.2) is 48.0 Å². The number of methoxy groups -OCH3 is 1. The number of hydrogen-bond acceptors (Lipinski definition) is 7. The highest BCUT2D eigenvalue weighted by molar-refractivity contribution is 5.96. The number of rotatable bonds is 9. The lowest BCUT2D eigenvalue weighted by Crippen LogP contribution is -2.56. The van der Waals surface area contributed by atoms with Crippen molar-refractivity contribution in [2.45, 2.75) is 56.9 Å². The zero-order chi connectivity index (χ0) is 27.7. The Hall–Kier alpha value is -3.69. The van der Waals surface area contributed by atoms with E-state index in [0.717, 1.165) is 30.4 Å². The van der Waals surface area contributed by atoms with Crippen molar-refractivity contribution in [2.24, 2.45) is 5.92 Å². The third-order valence-electron chi connectivity index (χ3n) is 7.98. The standard InChI is InChI=1S/C30H34N2O7/c1-17-6-8-18(9-7-17)15-32(30(37)20-4-3-5-20)23-14-22(29(36)31-10-11-33)25-21-12-19(16-34)13-24(38-2)27(21)39-28(25)26(23)35/h6-9,12-14,16,20,23,25-26,28,33,35H,3-5,10-11,15H2,1-2H3,(H,31,36)/t23-,25+,26+,28+/m1/s1. The lowest BCUT2D eigenvalue weighted by atomic mass is 9.76. The number of nitrogens with zero attached hydrogens (tertiary/aromatic N) is 1. The molecule has 0 spiro atoms.